The van der Waals surface area contributed by atoms with Crippen molar-refractivity contribution in [1.82, 2.24) is 0 Å². The molecule has 0 aliphatic rings. The molecule has 3 nitrogen and oxygen atoms in total. The summed E-state index contributed by atoms with van der Waals surface area (Å²) in [5.41, 5.74) is 7.33. The molecule has 3 N–H and O–H groups in total. The van der Waals surface area contributed by atoms with Crippen molar-refractivity contribution in [2.75, 3.05) is 5.32 Å². The third-order valence-electron chi connectivity index (χ3n) is 1.87. The number of nitrogens with two attached hydrogens (primary N) is 1. The van der Waals surface area contributed by atoms with E-state index < -0.39 is 6.04 Å². The molecule has 0 radical (unpaired) electrons. The van der Waals surface area contributed by atoms with Gasteiger partial charge >= 0.3 is 0 Å². The highest BCUT2D eigenvalue weighted by molar-refractivity contribution is 14.1. The van der Waals surface area contributed by atoms with Gasteiger partial charge in [-0.25, -0.2) is 0 Å². The van der Waals surface area contributed by atoms with Crippen LogP contribution >= 0.6 is 22.6 Å². The highest BCUT2D eigenvalue weighted by Gasteiger charge is 2.08. The molecule has 0 aromatic heterocycles. The summed E-state index contributed by atoms with van der Waals surface area (Å²) in [6.45, 7) is 3.62. The Morgan fingerprint density at radius 1 is 1.57 bits per heavy atom. The third kappa shape index (κ3) is 2.95. The Bertz CT molecular complexity index is 350. The lowest BCUT2D eigenvalue weighted by Gasteiger charge is -2.10. The molecule has 14 heavy (non-hydrogen) atoms. The fourth-order valence-corrected chi connectivity index (χ4v) is 1.47. The Morgan fingerprint density at radius 3 is 2.79 bits per heavy atom. The number of nitrogens with one attached hydrogen (secondary N) is 1. The number of carbonyl (C=O) groups excluding carboxylic acids is 1. The van der Waals surface area contributed by atoms with Crippen LogP contribution in [0.1, 0.15) is 12.5 Å². The van der Waals surface area contributed by atoms with Crippen LogP contribution in [0.25, 0.3) is 0 Å². The van der Waals surface area contributed by atoms with Crippen LogP contribution in [0.3, 0.4) is 0 Å². The van der Waals surface area contributed by atoms with E-state index in [1.54, 1.807) is 6.92 Å². The minimum Gasteiger partial charge on any atom is -0.324 e. The molecule has 0 saturated heterocycles. The fourth-order valence-electron chi connectivity index (χ4n) is 0.975. The Labute approximate surface area is 97.2 Å². The van der Waals surface area contributed by atoms with Crippen molar-refractivity contribution in [3.8, 4) is 0 Å². The molecular weight excluding hydrogens is 291 g/mol. The molecule has 4 heteroatoms. The van der Waals surface area contributed by atoms with Crippen molar-refractivity contribution in [3.05, 3.63) is 27.3 Å². The van der Waals surface area contributed by atoms with Gasteiger partial charge < -0.3 is 11.1 Å². The first kappa shape index (κ1) is 11.5. The number of anilines is 1. The SMILES string of the molecule is Cc1ccc(I)cc1NC(=O)[C@@H](C)N. The predicted molar refractivity (Wildman–Crippen MR) is 66.2 cm³/mol. The second-order valence-electron chi connectivity index (χ2n) is 3.24. The van der Waals surface area contributed by atoms with Gasteiger partial charge in [-0.3, -0.25) is 4.79 Å². The number of hydrogen-bond acceptors (Lipinski definition) is 2. The van der Waals surface area contributed by atoms with Gasteiger partial charge in [0, 0.05) is 9.26 Å². The lowest BCUT2D eigenvalue weighted by Crippen LogP contribution is -2.32. The normalized spacial score (nSPS) is 12.3. The highest BCUT2D eigenvalue weighted by Crippen LogP contribution is 2.18. The number of carbonyl (C=O) groups is 1. The van der Waals surface area contributed by atoms with Gasteiger partial charge in [0.15, 0.2) is 0 Å². The number of halogens is 1. The Balaban J connectivity index is 2.86. The van der Waals surface area contributed by atoms with Crippen molar-refractivity contribution in [2.45, 2.75) is 19.9 Å². The minimum absolute atomic E-state index is 0.157. The second kappa shape index (κ2) is 4.75. The van der Waals surface area contributed by atoms with Crippen molar-refractivity contribution in [2.24, 2.45) is 5.73 Å². The summed E-state index contributed by atoms with van der Waals surface area (Å²) in [7, 11) is 0. The maximum Gasteiger partial charge on any atom is 0.241 e. The standard InChI is InChI=1S/C10H13IN2O/c1-6-3-4-8(11)5-9(6)13-10(14)7(2)12/h3-5,7H,12H2,1-2H3,(H,13,14)/t7-/m1/s1. The monoisotopic (exact) mass is 304 g/mol. The second-order valence-corrected chi connectivity index (χ2v) is 4.48. The van der Waals surface area contributed by atoms with Crippen LogP contribution in [0.4, 0.5) is 5.69 Å². The van der Waals surface area contributed by atoms with Crippen molar-refractivity contribution in [3.63, 3.8) is 0 Å². The first-order valence-corrected chi connectivity index (χ1v) is 5.41. The lowest BCUT2D eigenvalue weighted by molar-refractivity contribution is -0.117. The number of rotatable bonds is 2. The summed E-state index contributed by atoms with van der Waals surface area (Å²) >= 11 is 2.20. The molecule has 0 bridgehead atoms. The molecule has 0 aliphatic carbocycles. The van der Waals surface area contributed by atoms with E-state index in [0.29, 0.717) is 0 Å². The first-order chi connectivity index (χ1) is 6.50. The number of aryl methyl sites for hydroxylation is 1. The van der Waals surface area contributed by atoms with Gasteiger partial charge in [0.25, 0.3) is 0 Å². The smallest absolute Gasteiger partial charge is 0.241 e. The van der Waals surface area contributed by atoms with E-state index >= 15 is 0 Å². The van der Waals surface area contributed by atoms with Gasteiger partial charge in [0.1, 0.15) is 0 Å². The van der Waals surface area contributed by atoms with Crippen LogP contribution < -0.4 is 11.1 Å². The van der Waals surface area contributed by atoms with E-state index in [-0.39, 0.29) is 5.91 Å². The Hall–Kier alpha value is -0.620. The molecule has 0 aliphatic heterocycles. The van der Waals surface area contributed by atoms with Crippen LogP contribution in [0.5, 0.6) is 0 Å². The maximum absolute atomic E-state index is 11.3. The van der Waals surface area contributed by atoms with E-state index in [4.69, 9.17) is 5.73 Å². The van der Waals surface area contributed by atoms with E-state index in [2.05, 4.69) is 27.9 Å². The van der Waals surface area contributed by atoms with E-state index in [0.717, 1.165) is 14.8 Å². The molecule has 0 heterocycles. The van der Waals surface area contributed by atoms with Crippen molar-refractivity contribution in [1.29, 1.82) is 0 Å². The van der Waals surface area contributed by atoms with E-state index in [9.17, 15) is 4.79 Å². The van der Waals surface area contributed by atoms with Crippen LogP contribution in [0.2, 0.25) is 0 Å². The molecule has 0 saturated carbocycles. The zero-order valence-corrected chi connectivity index (χ0v) is 10.3. The summed E-state index contributed by atoms with van der Waals surface area (Å²) in [6, 6.07) is 5.42. The van der Waals surface area contributed by atoms with Crippen LogP contribution in [0.15, 0.2) is 18.2 Å². The zero-order chi connectivity index (χ0) is 10.7. The van der Waals surface area contributed by atoms with E-state index in [1.165, 1.54) is 0 Å². The molecule has 0 spiro atoms. The summed E-state index contributed by atoms with van der Waals surface area (Å²) in [5, 5.41) is 2.78. The Morgan fingerprint density at radius 2 is 2.21 bits per heavy atom. The first-order valence-electron chi connectivity index (χ1n) is 4.33. The molecule has 1 amide bonds. The predicted octanol–water partition coefficient (Wildman–Crippen LogP) is 1.89. The molecule has 1 rings (SSSR count). The largest absolute Gasteiger partial charge is 0.324 e. The van der Waals surface area contributed by atoms with Crippen molar-refractivity contribution < 1.29 is 4.79 Å². The lowest BCUT2D eigenvalue weighted by atomic mass is 10.2. The van der Waals surface area contributed by atoms with Crippen LogP contribution in [-0.2, 0) is 4.79 Å². The Kier molecular flexibility index (Phi) is 3.88. The number of amides is 1. The van der Waals surface area contributed by atoms with Gasteiger partial charge in [-0.05, 0) is 54.1 Å². The molecule has 1 atom stereocenters. The van der Waals surface area contributed by atoms with Crippen LogP contribution in [0, 0.1) is 10.5 Å². The van der Waals surface area contributed by atoms with Gasteiger partial charge in [0.2, 0.25) is 5.91 Å². The van der Waals surface area contributed by atoms with E-state index in [1.807, 2.05) is 25.1 Å². The van der Waals surface area contributed by atoms with Gasteiger partial charge in [-0.15, -0.1) is 0 Å². The quantitative estimate of drug-likeness (QED) is 0.820. The van der Waals surface area contributed by atoms with Gasteiger partial charge in [0.05, 0.1) is 6.04 Å². The number of hydrogen-bond donors (Lipinski definition) is 2. The zero-order valence-electron chi connectivity index (χ0n) is 8.17. The minimum atomic E-state index is -0.479. The van der Waals surface area contributed by atoms with Gasteiger partial charge in [-0.1, -0.05) is 6.07 Å². The third-order valence-corrected chi connectivity index (χ3v) is 2.54. The summed E-state index contributed by atoms with van der Waals surface area (Å²) in [5.74, 6) is -0.157. The molecular formula is C10H13IN2O. The summed E-state index contributed by atoms with van der Waals surface area (Å²) in [4.78, 5) is 11.3. The summed E-state index contributed by atoms with van der Waals surface area (Å²) in [6.07, 6.45) is 0. The highest BCUT2D eigenvalue weighted by atomic mass is 127. The maximum atomic E-state index is 11.3. The average Bonchev–Trinajstić information content (AvgIpc) is 2.11. The molecule has 0 unspecified atom stereocenters. The molecule has 1 aromatic carbocycles. The summed E-state index contributed by atoms with van der Waals surface area (Å²) < 4.78 is 1.09. The van der Waals surface area contributed by atoms with Crippen molar-refractivity contribution >= 4 is 34.2 Å². The molecule has 0 fully saturated rings. The van der Waals surface area contributed by atoms with Gasteiger partial charge in [-0.2, -0.15) is 0 Å². The molecule has 1 aromatic rings. The molecule has 76 valence electrons. The number of benzene rings is 1. The fraction of sp³-hybridized carbons (Fsp3) is 0.300. The topological polar surface area (TPSA) is 55.1 Å². The average molecular weight is 304 g/mol. The van der Waals surface area contributed by atoms with Crippen LogP contribution in [-0.4, -0.2) is 11.9 Å².